The lowest BCUT2D eigenvalue weighted by Gasteiger charge is -2.04. The molecule has 0 aliphatic rings. The predicted molar refractivity (Wildman–Crippen MR) is 87.9 cm³/mol. The lowest BCUT2D eigenvalue weighted by atomic mass is 10.1. The van der Waals surface area contributed by atoms with E-state index in [-0.39, 0.29) is 11.5 Å². The molecule has 0 aliphatic heterocycles. The number of carbonyl (C=O) groups excluding carboxylic acids is 1. The van der Waals surface area contributed by atoms with Crippen LogP contribution in [0.2, 0.25) is 10.0 Å². The zero-order valence-electron chi connectivity index (χ0n) is 11.4. The molecule has 110 valence electrons. The Balaban J connectivity index is 2.10. The number of ketones is 1. The van der Waals surface area contributed by atoms with Gasteiger partial charge in [-0.1, -0.05) is 54.4 Å². The number of hydrogen-bond donors (Lipinski definition) is 0. The molecule has 0 saturated carbocycles. The second kappa shape index (κ2) is 7.21. The van der Waals surface area contributed by atoms with Crippen LogP contribution in [-0.4, -0.2) is 15.7 Å². The normalized spacial score (nSPS) is 12.1. The minimum absolute atomic E-state index is 0.0660. The van der Waals surface area contributed by atoms with Gasteiger partial charge in [-0.05, 0) is 30.2 Å². The maximum atomic E-state index is 12.2. The van der Waals surface area contributed by atoms with Gasteiger partial charge in [0.2, 0.25) is 0 Å². The van der Waals surface area contributed by atoms with Crippen molar-refractivity contribution in [1.82, 2.24) is 0 Å². The molecule has 0 aliphatic carbocycles. The van der Waals surface area contributed by atoms with E-state index in [1.54, 1.807) is 24.3 Å². The van der Waals surface area contributed by atoms with Crippen molar-refractivity contribution in [1.29, 1.82) is 0 Å². The summed E-state index contributed by atoms with van der Waals surface area (Å²) in [4.78, 5) is 12.6. The van der Waals surface area contributed by atoms with E-state index in [9.17, 15) is 9.00 Å². The monoisotopic (exact) mass is 340 g/mol. The van der Waals surface area contributed by atoms with Gasteiger partial charge in [0.1, 0.15) is 0 Å². The SMILES string of the molecule is CCc1ccc(C(=O)CS(=O)c2ccc(Cl)c(Cl)c2)cc1. The largest absolute Gasteiger partial charge is 0.293 e. The number of Topliss-reactive ketones (excluding diaryl/α,β-unsaturated/α-hetero) is 1. The van der Waals surface area contributed by atoms with Crippen LogP contribution in [0.3, 0.4) is 0 Å². The summed E-state index contributed by atoms with van der Waals surface area (Å²) in [6.07, 6.45) is 0.920. The van der Waals surface area contributed by atoms with Crippen molar-refractivity contribution < 1.29 is 9.00 Å². The molecular weight excluding hydrogens is 327 g/mol. The summed E-state index contributed by atoms with van der Waals surface area (Å²) < 4.78 is 12.2. The molecule has 0 radical (unpaired) electrons. The number of carbonyl (C=O) groups is 1. The van der Waals surface area contributed by atoms with Crippen LogP contribution in [0.15, 0.2) is 47.4 Å². The molecule has 0 bridgehead atoms. The highest BCUT2D eigenvalue weighted by Crippen LogP contribution is 2.24. The molecule has 1 unspecified atom stereocenters. The zero-order valence-corrected chi connectivity index (χ0v) is 13.8. The minimum atomic E-state index is -1.43. The first kappa shape index (κ1) is 16.2. The Morgan fingerprint density at radius 1 is 1.05 bits per heavy atom. The van der Waals surface area contributed by atoms with Crippen LogP contribution in [0, 0.1) is 0 Å². The number of benzene rings is 2. The van der Waals surface area contributed by atoms with Gasteiger partial charge in [0, 0.05) is 10.5 Å². The number of halogens is 2. The smallest absolute Gasteiger partial charge is 0.175 e. The van der Waals surface area contributed by atoms with Crippen molar-refractivity contribution >= 4 is 39.8 Å². The Morgan fingerprint density at radius 3 is 2.29 bits per heavy atom. The number of rotatable bonds is 5. The first-order valence-corrected chi connectivity index (χ1v) is 8.54. The first-order chi connectivity index (χ1) is 10.0. The van der Waals surface area contributed by atoms with Gasteiger partial charge in [0.15, 0.2) is 5.78 Å². The molecule has 0 aromatic heterocycles. The third-order valence-electron chi connectivity index (χ3n) is 3.10. The van der Waals surface area contributed by atoms with Crippen LogP contribution in [0.1, 0.15) is 22.8 Å². The fourth-order valence-electron chi connectivity index (χ4n) is 1.83. The van der Waals surface area contributed by atoms with Crippen molar-refractivity contribution in [3.05, 3.63) is 63.6 Å². The van der Waals surface area contributed by atoms with E-state index < -0.39 is 10.8 Å². The van der Waals surface area contributed by atoms with E-state index in [0.717, 1.165) is 12.0 Å². The summed E-state index contributed by atoms with van der Waals surface area (Å²) in [5.41, 5.74) is 1.73. The second-order valence-corrected chi connectivity index (χ2v) is 6.80. The molecule has 0 amide bonds. The Bertz CT molecular complexity index is 681. The highest BCUT2D eigenvalue weighted by atomic mass is 35.5. The van der Waals surface area contributed by atoms with Gasteiger partial charge in [-0.3, -0.25) is 9.00 Å². The van der Waals surface area contributed by atoms with Gasteiger partial charge in [0.05, 0.1) is 26.6 Å². The molecule has 0 spiro atoms. The molecule has 2 aromatic carbocycles. The van der Waals surface area contributed by atoms with Gasteiger partial charge >= 0.3 is 0 Å². The Labute approximate surface area is 136 Å². The molecule has 0 fully saturated rings. The number of hydrogen-bond acceptors (Lipinski definition) is 2. The van der Waals surface area contributed by atoms with E-state index in [0.29, 0.717) is 20.5 Å². The Morgan fingerprint density at radius 2 is 1.71 bits per heavy atom. The molecule has 1 atom stereocenters. The van der Waals surface area contributed by atoms with Crippen molar-refractivity contribution in [2.24, 2.45) is 0 Å². The molecule has 5 heteroatoms. The summed E-state index contributed by atoms with van der Waals surface area (Å²) in [6, 6.07) is 12.1. The quantitative estimate of drug-likeness (QED) is 0.748. The molecule has 2 rings (SSSR count). The molecule has 2 aromatic rings. The first-order valence-electron chi connectivity index (χ1n) is 6.47. The topological polar surface area (TPSA) is 34.1 Å². The third kappa shape index (κ3) is 4.16. The summed E-state index contributed by atoms with van der Waals surface area (Å²) in [5.74, 6) is -0.217. The van der Waals surface area contributed by atoms with E-state index in [1.165, 1.54) is 6.07 Å². The number of aryl methyl sites for hydroxylation is 1. The highest BCUT2D eigenvalue weighted by Gasteiger charge is 2.13. The molecule has 0 heterocycles. The average molecular weight is 341 g/mol. The second-order valence-electron chi connectivity index (χ2n) is 4.54. The van der Waals surface area contributed by atoms with Crippen molar-refractivity contribution in [2.45, 2.75) is 18.2 Å². The van der Waals surface area contributed by atoms with Crippen LogP contribution in [-0.2, 0) is 17.2 Å². The fourth-order valence-corrected chi connectivity index (χ4v) is 3.23. The minimum Gasteiger partial charge on any atom is -0.293 e. The zero-order chi connectivity index (χ0) is 15.4. The van der Waals surface area contributed by atoms with Crippen LogP contribution >= 0.6 is 23.2 Å². The lowest BCUT2D eigenvalue weighted by Crippen LogP contribution is -2.11. The molecule has 0 saturated heterocycles. The standard InChI is InChI=1S/C16H14Cl2O2S/c1-2-11-3-5-12(6-4-11)16(19)10-21(20)13-7-8-14(17)15(18)9-13/h3-9H,2,10H2,1H3. The molecule has 21 heavy (non-hydrogen) atoms. The van der Waals surface area contributed by atoms with Gasteiger partial charge in [-0.25, -0.2) is 0 Å². The van der Waals surface area contributed by atoms with Crippen molar-refractivity contribution in [3.8, 4) is 0 Å². The fraction of sp³-hybridized carbons (Fsp3) is 0.188. The molecule has 2 nitrogen and oxygen atoms in total. The highest BCUT2D eigenvalue weighted by molar-refractivity contribution is 7.85. The lowest BCUT2D eigenvalue weighted by molar-refractivity contribution is 0.102. The van der Waals surface area contributed by atoms with Crippen LogP contribution < -0.4 is 0 Å². The van der Waals surface area contributed by atoms with Crippen LogP contribution in [0.25, 0.3) is 0 Å². The van der Waals surface area contributed by atoms with Crippen molar-refractivity contribution in [3.63, 3.8) is 0 Å². The summed E-state index contributed by atoms with van der Waals surface area (Å²) in [7, 11) is -1.43. The Hall–Kier alpha value is -1.16. The van der Waals surface area contributed by atoms with E-state index in [1.807, 2.05) is 12.1 Å². The Kier molecular flexibility index (Phi) is 5.57. The molecular formula is C16H14Cl2O2S. The predicted octanol–water partition coefficient (Wildman–Crippen LogP) is 4.55. The van der Waals surface area contributed by atoms with Gasteiger partial charge in [-0.2, -0.15) is 0 Å². The van der Waals surface area contributed by atoms with E-state index in [2.05, 4.69) is 6.92 Å². The molecule has 0 N–H and O–H groups in total. The maximum Gasteiger partial charge on any atom is 0.175 e. The summed E-state index contributed by atoms with van der Waals surface area (Å²) in [5, 5.41) is 0.737. The van der Waals surface area contributed by atoms with E-state index in [4.69, 9.17) is 23.2 Å². The summed E-state index contributed by atoms with van der Waals surface area (Å²) in [6.45, 7) is 2.05. The third-order valence-corrected chi connectivity index (χ3v) is 5.14. The van der Waals surface area contributed by atoms with Crippen molar-refractivity contribution in [2.75, 3.05) is 5.75 Å². The van der Waals surface area contributed by atoms with Crippen LogP contribution in [0.4, 0.5) is 0 Å². The van der Waals surface area contributed by atoms with Gasteiger partial charge in [0.25, 0.3) is 0 Å². The van der Waals surface area contributed by atoms with Crippen LogP contribution in [0.5, 0.6) is 0 Å². The maximum absolute atomic E-state index is 12.2. The van der Waals surface area contributed by atoms with Gasteiger partial charge in [-0.15, -0.1) is 0 Å². The summed E-state index contributed by atoms with van der Waals surface area (Å²) >= 11 is 11.7. The van der Waals surface area contributed by atoms with Gasteiger partial charge < -0.3 is 0 Å². The average Bonchev–Trinajstić information content (AvgIpc) is 2.50. The van der Waals surface area contributed by atoms with E-state index >= 15 is 0 Å².